The van der Waals surface area contributed by atoms with Gasteiger partial charge in [-0.1, -0.05) is 11.6 Å². The summed E-state index contributed by atoms with van der Waals surface area (Å²) >= 11 is 5.62. The number of carbonyl (C=O) groups excluding carboxylic acids is 2. The predicted octanol–water partition coefficient (Wildman–Crippen LogP) is 2.61. The second-order valence-electron chi connectivity index (χ2n) is 4.16. The Hall–Kier alpha value is -1.96. The highest BCUT2D eigenvalue weighted by Crippen LogP contribution is 2.33. The van der Waals surface area contributed by atoms with Crippen molar-refractivity contribution >= 4 is 29.2 Å². The maximum atomic E-state index is 12.6. The van der Waals surface area contributed by atoms with Crippen molar-refractivity contribution in [1.82, 2.24) is 10.6 Å². The summed E-state index contributed by atoms with van der Waals surface area (Å²) in [4.78, 5) is 22.6. The van der Waals surface area contributed by atoms with Gasteiger partial charge in [-0.3, -0.25) is 10.1 Å². The number of halogens is 4. The van der Waals surface area contributed by atoms with Crippen LogP contribution in [0, 0.1) is 0 Å². The fraction of sp³-hybridized carbons (Fsp3) is 0.333. The molecule has 0 radical (unpaired) electrons. The van der Waals surface area contributed by atoms with E-state index in [1.54, 1.807) is 0 Å². The van der Waals surface area contributed by atoms with E-state index in [0.717, 1.165) is 12.1 Å². The van der Waals surface area contributed by atoms with Crippen LogP contribution in [0.15, 0.2) is 18.2 Å². The third kappa shape index (κ3) is 5.14. The molecule has 0 bridgehead atoms. The summed E-state index contributed by atoms with van der Waals surface area (Å²) in [6, 6.07) is 1.22. The highest BCUT2D eigenvalue weighted by molar-refractivity contribution is 6.31. The molecule has 9 heteroatoms. The van der Waals surface area contributed by atoms with Gasteiger partial charge >= 0.3 is 12.2 Å². The third-order valence-electron chi connectivity index (χ3n) is 2.47. The summed E-state index contributed by atoms with van der Waals surface area (Å²) in [6.07, 6.45) is -4.55. The molecule has 0 aromatic heterocycles. The van der Waals surface area contributed by atoms with Gasteiger partial charge in [-0.05, 0) is 25.1 Å². The Kier molecular flexibility index (Phi) is 5.42. The zero-order chi connectivity index (χ0) is 16.2. The first kappa shape index (κ1) is 17.1. The van der Waals surface area contributed by atoms with Gasteiger partial charge in [-0.2, -0.15) is 13.2 Å². The van der Waals surface area contributed by atoms with Gasteiger partial charge in [0.2, 0.25) is 5.91 Å². The number of amides is 3. The fourth-order valence-electron chi connectivity index (χ4n) is 1.43. The lowest BCUT2D eigenvalue weighted by Crippen LogP contribution is -2.44. The van der Waals surface area contributed by atoms with Crippen molar-refractivity contribution in [3.63, 3.8) is 0 Å². The highest BCUT2D eigenvalue weighted by atomic mass is 35.5. The monoisotopic (exact) mass is 323 g/mol. The van der Waals surface area contributed by atoms with Gasteiger partial charge in [0.25, 0.3) is 0 Å². The minimum atomic E-state index is -4.55. The number of hydrogen-bond donors (Lipinski definition) is 3. The second kappa shape index (κ2) is 6.66. The molecular weight excluding hydrogens is 311 g/mol. The number of hydrogen-bond acceptors (Lipinski definition) is 3. The number of urea groups is 1. The number of nitrogens with one attached hydrogen (secondary N) is 3. The largest absolute Gasteiger partial charge is 0.416 e. The maximum Gasteiger partial charge on any atom is 0.416 e. The molecule has 1 rings (SSSR count). The minimum absolute atomic E-state index is 0.0226. The van der Waals surface area contributed by atoms with Crippen LogP contribution in [0.1, 0.15) is 12.5 Å². The molecule has 0 aliphatic heterocycles. The summed E-state index contributed by atoms with van der Waals surface area (Å²) in [5, 5.41) is 6.62. The van der Waals surface area contributed by atoms with E-state index in [4.69, 9.17) is 11.6 Å². The molecule has 0 heterocycles. The molecule has 21 heavy (non-hydrogen) atoms. The molecule has 0 saturated carbocycles. The zero-order valence-electron chi connectivity index (χ0n) is 11.1. The van der Waals surface area contributed by atoms with Crippen molar-refractivity contribution in [1.29, 1.82) is 0 Å². The van der Waals surface area contributed by atoms with Gasteiger partial charge in [0, 0.05) is 17.8 Å². The van der Waals surface area contributed by atoms with E-state index in [1.807, 2.05) is 5.32 Å². The molecule has 116 valence electrons. The molecule has 1 unspecified atom stereocenters. The minimum Gasteiger partial charge on any atom is -0.374 e. The average Bonchev–Trinajstić information content (AvgIpc) is 2.36. The van der Waals surface area contributed by atoms with Gasteiger partial charge in [0.1, 0.15) is 6.04 Å². The van der Waals surface area contributed by atoms with Crippen molar-refractivity contribution in [2.45, 2.75) is 19.1 Å². The normalized spacial score (nSPS) is 12.5. The van der Waals surface area contributed by atoms with Crippen molar-refractivity contribution in [2.75, 3.05) is 12.4 Å². The van der Waals surface area contributed by atoms with Crippen LogP contribution in [-0.2, 0) is 11.0 Å². The van der Waals surface area contributed by atoms with Gasteiger partial charge in [-0.15, -0.1) is 0 Å². The van der Waals surface area contributed by atoms with E-state index in [9.17, 15) is 22.8 Å². The van der Waals surface area contributed by atoms with E-state index in [1.165, 1.54) is 20.0 Å². The van der Waals surface area contributed by atoms with Crippen LogP contribution in [0.25, 0.3) is 0 Å². The van der Waals surface area contributed by atoms with Crippen LogP contribution in [0.5, 0.6) is 0 Å². The summed E-state index contributed by atoms with van der Waals surface area (Å²) in [5.74, 6) is -0.692. The number of alkyl halides is 3. The van der Waals surface area contributed by atoms with Crippen molar-refractivity contribution in [3.8, 4) is 0 Å². The van der Waals surface area contributed by atoms with E-state index < -0.39 is 29.7 Å². The van der Waals surface area contributed by atoms with Crippen LogP contribution >= 0.6 is 11.6 Å². The first-order chi connectivity index (χ1) is 9.63. The van der Waals surface area contributed by atoms with E-state index in [-0.39, 0.29) is 10.7 Å². The molecule has 0 aliphatic rings. The number of rotatable bonds is 3. The first-order valence-electron chi connectivity index (χ1n) is 5.80. The molecule has 5 nitrogen and oxygen atoms in total. The molecule has 0 fully saturated rings. The number of imide groups is 1. The molecule has 3 amide bonds. The lowest BCUT2D eigenvalue weighted by atomic mass is 10.1. The molecule has 0 saturated heterocycles. The smallest absolute Gasteiger partial charge is 0.374 e. The molecule has 0 spiro atoms. The summed E-state index contributed by atoms with van der Waals surface area (Å²) in [7, 11) is 1.33. The van der Waals surface area contributed by atoms with Gasteiger partial charge in [-0.25, -0.2) is 4.79 Å². The predicted molar refractivity (Wildman–Crippen MR) is 72.1 cm³/mol. The zero-order valence-corrected chi connectivity index (χ0v) is 11.9. The van der Waals surface area contributed by atoms with E-state index >= 15 is 0 Å². The standard InChI is InChI=1S/C12H13ClF3N3O2/c1-6(10(20)19-11(21)17-2)18-9-4-7(12(14,15)16)3-8(13)5-9/h3-6,18H,1-2H3,(H2,17,19,20,21). The molecule has 1 aromatic carbocycles. The van der Waals surface area contributed by atoms with Gasteiger partial charge in [0.15, 0.2) is 0 Å². The summed E-state index contributed by atoms with van der Waals surface area (Å²) in [5.41, 5.74) is -0.911. The topological polar surface area (TPSA) is 70.2 Å². The third-order valence-corrected chi connectivity index (χ3v) is 2.68. The molecule has 1 atom stereocenters. The van der Waals surface area contributed by atoms with Gasteiger partial charge in [0.05, 0.1) is 5.56 Å². The van der Waals surface area contributed by atoms with Gasteiger partial charge < -0.3 is 10.6 Å². The Labute approximate surface area is 123 Å². The maximum absolute atomic E-state index is 12.6. The van der Waals surface area contributed by atoms with E-state index in [2.05, 4.69) is 10.6 Å². The molecular formula is C12H13ClF3N3O2. The average molecular weight is 324 g/mol. The van der Waals surface area contributed by atoms with E-state index in [0.29, 0.717) is 0 Å². The fourth-order valence-corrected chi connectivity index (χ4v) is 1.67. The molecule has 0 aliphatic carbocycles. The second-order valence-corrected chi connectivity index (χ2v) is 4.60. The summed E-state index contributed by atoms with van der Waals surface area (Å²) in [6.45, 7) is 1.40. The Morgan fingerprint density at radius 1 is 1.24 bits per heavy atom. The Bertz CT molecular complexity index is 549. The highest BCUT2D eigenvalue weighted by Gasteiger charge is 2.31. The molecule has 1 aromatic rings. The quantitative estimate of drug-likeness (QED) is 0.801. The Morgan fingerprint density at radius 2 is 1.86 bits per heavy atom. The summed E-state index contributed by atoms with van der Waals surface area (Å²) < 4.78 is 37.9. The van der Waals surface area contributed by atoms with Crippen LogP contribution < -0.4 is 16.0 Å². The first-order valence-corrected chi connectivity index (χ1v) is 6.18. The lowest BCUT2D eigenvalue weighted by molar-refractivity contribution is -0.137. The Morgan fingerprint density at radius 3 is 2.38 bits per heavy atom. The van der Waals surface area contributed by atoms with Crippen LogP contribution in [-0.4, -0.2) is 25.0 Å². The van der Waals surface area contributed by atoms with Crippen molar-refractivity contribution in [3.05, 3.63) is 28.8 Å². The number of anilines is 1. The lowest BCUT2D eigenvalue weighted by Gasteiger charge is -2.16. The Balaban J connectivity index is 2.85. The van der Waals surface area contributed by atoms with Crippen LogP contribution in [0.3, 0.4) is 0 Å². The SMILES string of the molecule is CNC(=O)NC(=O)C(C)Nc1cc(Cl)cc(C(F)(F)F)c1. The van der Waals surface area contributed by atoms with Crippen LogP contribution in [0.4, 0.5) is 23.7 Å². The van der Waals surface area contributed by atoms with Crippen molar-refractivity contribution in [2.24, 2.45) is 0 Å². The number of carbonyl (C=O) groups is 2. The van der Waals surface area contributed by atoms with Crippen LogP contribution in [0.2, 0.25) is 5.02 Å². The van der Waals surface area contributed by atoms with Crippen molar-refractivity contribution < 1.29 is 22.8 Å². The molecule has 3 N–H and O–H groups in total. The number of benzene rings is 1.